The van der Waals surface area contributed by atoms with Crippen molar-refractivity contribution in [2.24, 2.45) is 0 Å². The van der Waals surface area contributed by atoms with Crippen LogP contribution >= 0.6 is 11.6 Å². The van der Waals surface area contributed by atoms with Crippen LogP contribution in [0.5, 0.6) is 5.75 Å². The van der Waals surface area contributed by atoms with Crippen LogP contribution in [-0.4, -0.2) is 26.5 Å². The molecule has 0 atom stereocenters. The summed E-state index contributed by atoms with van der Waals surface area (Å²) in [5.74, 6) is 0.820. The van der Waals surface area contributed by atoms with E-state index in [4.69, 9.17) is 16.3 Å². The molecule has 20 heavy (non-hydrogen) atoms. The molecule has 0 aliphatic heterocycles. The van der Waals surface area contributed by atoms with Gasteiger partial charge in [-0.25, -0.2) is 0 Å². The van der Waals surface area contributed by atoms with E-state index in [1.165, 1.54) is 0 Å². The van der Waals surface area contributed by atoms with Gasteiger partial charge in [0.05, 0.1) is 13.7 Å². The van der Waals surface area contributed by atoms with Crippen LogP contribution in [-0.2, 0) is 0 Å². The van der Waals surface area contributed by atoms with Crippen LogP contribution in [0.1, 0.15) is 10.4 Å². The van der Waals surface area contributed by atoms with Crippen molar-refractivity contribution in [1.29, 1.82) is 0 Å². The molecule has 104 valence electrons. The van der Waals surface area contributed by atoms with E-state index in [1.807, 2.05) is 36.2 Å². The van der Waals surface area contributed by atoms with Crippen LogP contribution in [0.25, 0.3) is 0 Å². The maximum Gasteiger partial charge on any atom is 0.182 e. The Morgan fingerprint density at radius 2 is 1.90 bits per heavy atom. The van der Waals surface area contributed by atoms with E-state index >= 15 is 0 Å². The fourth-order valence-electron chi connectivity index (χ4n) is 1.88. The van der Waals surface area contributed by atoms with Crippen LogP contribution < -0.4 is 9.64 Å². The summed E-state index contributed by atoms with van der Waals surface area (Å²) < 4.78 is 5.18. The maximum atomic E-state index is 12.2. The highest BCUT2D eigenvalue weighted by molar-refractivity contribution is 6.30. The number of benzene rings is 2. The highest BCUT2D eigenvalue weighted by Crippen LogP contribution is 2.20. The number of rotatable bonds is 5. The first-order chi connectivity index (χ1) is 9.60. The van der Waals surface area contributed by atoms with Gasteiger partial charge in [0.1, 0.15) is 5.75 Å². The van der Waals surface area contributed by atoms with Gasteiger partial charge in [-0.1, -0.05) is 17.7 Å². The number of hydrogen-bond acceptors (Lipinski definition) is 3. The Bertz CT molecular complexity index is 596. The highest BCUT2D eigenvalue weighted by atomic mass is 35.5. The van der Waals surface area contributed by atoms with Gasteiger partial charge < -0.3 is 9.64 Å². The molecule has 2 aromatic rings. The van der Waals surface area contributed by atoms with Crippen molar-refractivity contribution in [1.82, 2.24) is 0 Å². The molecular formula is C16H16ClNO2. The largest absolute Gasteiger partial charge is 0.497 e. The van der Waals surface area contributed by atoms with Gasteiger partial charge in [-0.05, 0) is 36.4 Å². The van der Waals surface area contributed by atoms with E-state index in [-0.39, 0.29) is 5.78 Å². The number of methoxy groups -OCH3 is 1. The smallest absolute Gasteiger partial charge is 0.182 e. The average molecular weight is 290 g/mol. The van der Waals surface area contributed by atoms with Gasteiger partial charge in [-0.2, -0.15) is 0 Å². The third kappa shape index (κ3) is 3.52. The summed E-state index contributed by atoms with van der Waals surface area (Å²) in [4.78, 5) is 14.1. The molecule has 0 aromatic heterocycles. The van der Waals surface area contributed by atoms with Crippen molar-refractivity contribution in [2.75, 3.05) is 25.6 Å². The van der Waals surface area contributed by atoms with E-state index in [0.717, 1.165) is 11.4 Å². The van der Waals surface area contributed by atoms with Crippen molar-refractivity contribution in [3.63, 3.8) is 0 Å². The molecule has 0 bridgehead atoms. The zero-order valence-electron chi connectivity index (χ0n) is 11.5. The van der Waals surface area contributed by atoms with Gasteiger partial charge in [0.15, 0.2) is 5.78 Å². The molecule has 4 heteroatoms. The van der Waals surface area contributed by atoms with Crippen molar-refractivity contribution in [3.8, 4) is 5.75 Å². The Morgan fingerprint density at radius 1 is 1.20 bits per heavy atom. The summed E-state index contributed by atoms with van der Waals surface area (Å²) in [6.07, 6.45) is 0. The Morgan fingerprint density at radius 3 is 2.55 bits per heavy atom. The SMILES string of the molecule is COc1cccc(N(C)CC(=O)c2ccc(Cl)cc2)c1. The molecule has 0 saturated heterocycles. The lowest BCUT2D eigenvalue weighted by atomic mass is 10.1. The second-order valence-corrected chi connectivity index (χ2v) is 4.92. The fourth-order valence-corrected chi connectivity index (χ4v) is 2.01. The number of ether oxygens (including phenoxy) is 1. The van der Waals surface area contributed by atoms with Crippen LogP contribution in [0.4, 0.5) is 5.69 Å². The molecule has 0 aliphatic carbocycles. The van der Waals surface area contributed by atoms with Gasteiger partial charge >= 0.3 is 0 Å². The molecule has 0 unspecified atom stereocenters. The summed E-state index contributed by atoms with van der Waals surface area (Å²) in [6.45, 7) is 0.300. The number of halogens is 1. The third-order valence-corrected chi connectivity index (χ3v) is 3.29. The fraction of sp³-hybridized carbons (Fsp3) is 0.188. The van der Waals surface area contributed by atoms with Gasteiger partial charge in [0, 0.05) is 29.4 Å². The molecule has 0 amide bonds. The summed E-state index contributed by atoms with van der Waals surface area (Å²) >= 11 is 5.82. The second kappa shape index (κ2) is 6.44. The van der Waals surface area contributed by atoms with E-state index in [9.17, 15) is 4.79 Å². The predicted octanol–water partition coefficient (Wildman–Crippen LogP) is 3.67. The summed E-state index contributed by atoms with van der Waals surface area (Å²) in [6, 6.07) is 14.5. The van der Waals surface area contributed by atoms with Crippen LogP contribution in [0.15, 0.2) is 48.5 Å². The first-order valence-corrected chi connectivity index (χ1v) is 6.62. The standard InChI is InChI=1S/C16H16ClNO2/c1-18(14-4-3-5-15(10-14)20-2)11-16(19)12-6-8-13(17)9-7-12/h3-10H,11H2,1-2H3. The minimum Gasteiger partial charge on any atom is -0.497 e. The van der Waals surface area contributed by atoms with Gasteiger partial charge in [-0.3, -0.25) is 4.79 Å². The van der Waals surface area contributed by atoms with Crippen molar-refractivity contribution >= 4 is 23.1 Å². The van der Waals surface area contributed by atoms with Gasteiger partial charge in [0.25, 0.3) is 0 Å². The molecule has 2 rings (SSSR count). The zero-order valence-corrected chi connectivity index (χ0v) is 12.2. The van der Waals surface area contributed by atoms with Gasteiger partial charge in [0.2, 0.25) is 0 Å². The first kappa shape index (κ1) is 14.4. The summed E-state index contributed by atoms with van der Waals surface area (Å²) in [7, 11) is 3.50. The lowest BCUT2D eigenvalue weighted by molar-refractivity contribution is 0.100. The molecule has 0 radical (unpaired) electrons. The molecule has 3 nitrogen and oxygen atoms in total. The first-order valence-electron chi connectivity index (χ1n) is 6.24. The molecule has 0 aliphatic rings. The number of likely N-dealkylation sites (N-methyl/N-ethyl adjacent to an activating group) is 1. The number of anilines is 1. The monoisotopic (exact) mass is 289 g/mol. The average Bonchev–Trinajstić information content (AvgIpc) is 2.47. The topological polar surface area (TPSA) is 29.5 Å². The normalized spacial score (nSPS) is 10.2. The van der Waals surface area contributed by atoms with Crippen molar-refractivity contribution < 1.29 is 9.53 Å². The third-order valence-electron chi connectivity index (χ3n) is 3.04. The predicted molar refractivity (Wildman–Crippen MR) is 82.0 cm³/mol. The molecule has 0 spiro atoms. The Hall–Kier alpha value is -2.00. The molecule has 0 N–H and O–H groups in total. The van der Waals surface area contributed by atoms with E-state index in [0.29, 0.717) is 17.1 Å². The molecule has 0 heterocycles. The second-order valence-electron chi connectivity index (χ2n) is 4.49. The minimum atomic E-state index is 0.0481. The molecule has 0 fully saturated rings. The quantitative estimate of drug-likeness (QED) is 0.787. The number of Topliss-reactive ketones (excluding diaryl/α,β-unsaturated/α-hetero) is 1. The maximum absolute atomic E-state index is 12.2. The van der Waals surface area contributed by atoms with Gasteiger partial charge in [-0.15, -0.1) is 0 Å². The molecular weight excluding hydrogens is 274 g/mol. The van der Waals surface area contributed by atoms with E-state index in [2.05, 4.69) is 0 Å². The Balaban J connectivity index is 2.08. The molecule has 2 aromatic carbocycles. The number of hydrogen-bond donors (Lipinski definition) is 0. The zero-order chi connectivity index (χ0) is 14.5. The lowest BCUT2D eigenvalue weighted by Crippen LogP contribution is -2.25. The van der Waals surface area contributed by atoms with Crippen molar-refractivity contribution in [3.05, 3.63) is 59.1 Å². The number of ketones is 1. The lowest BCUT2D eigenvalue weighted by Gasteiger charge is -2.19. The Labute approximate surface area is 123 Å². The molecule has 0 saturated carbocycles. The minimum absolute atomic E-state index is 0.0481. The van der Waals surface area contributed by atoms with Crippen LogP contribution in [0, 0.1) is 0 Å². The van der Waals surface area contributed by atoms with E-state index < -0.39 is 0 Å². The Kier molecular flexibility index (Phi) is 4.64. The van der Waals surface area contributed by atoms with Crippen LogP contribution in [0.3, 0.4) is 0 Å². The number of nitrogens with zero attached hydrogens (tertiary/aromatic N) is 1. The number of carbonyl (C=O) groups excluding carboxylic acids is 1. The summed E-state index contributed by atoms with van der Waals surface area (Å²) in [5, 5.41) is 0.628. The van der Waals surface area contributed by atoms with Crippen LogP contribution in [0.2, 0.25) is 5.02 Å². The van der Waals surface area contributed by atoms with Crippen molar-refractivity contribution in [2.45, 2.75) is 0 Å². The van der Waals surface area contributed by atoms with E-state index in [1.54, 1.807) is 31.4 Å². The number of carbonyl (C=O) groups is 1. The highest BCUT2D eigenvalue weighted by Gasteiger charge is 2.10. The summed E-state index contributed by atoms with van der Waals surface area (Å²) in [5.41, 5.74) is 1.59.